The molecular weight excluding hydrogens is 366 g/mol. The summed E-state index contributed by atoms with van der Waals surface area (Å²) in [6.45, 7) is 2.26. The molecule has 25 heavy (non-hydrogen) atoms. The molecule has 0 saturated carbocycles. The summed E-state index contributed by atoms with van der Waals surface area (Å²) in [5.74, 6) is -0.450. The van der Waals surface area contributed by atoms with Crippen molar-refractivity contribution in [3.05, 3.63) is 41.0 Å². The Morgan fingerprint density at radius 3 is 2.72 bits per heavy atom. The van der Waals surface area contributed by atoms with E-state index in [1.807, 2.05) is 0 Å². The number of piperidine rings is 1. The molecule has 0 aliphatic carbocycles. The Morgan fingerprint density at radius 1 is 1.36 bits per heavy atom. The van der Waals surface area contributed by atoms with Crippen LogP contribution in [0.2, 0.25) is 5.02 Å². The molecule has 1 aliphatic heterocycles. The summed E-state index contributed by atoms with van der Waals surface area (Å²) in [5.41, 5.74) is 0.658. The van der Waals surface area contributed by atoms with Gasteiger partial charge in [0.2, 0.25) is 21.8 Å². The molecule has 1 aromatic heterocycles. The zero-order valence-electron chi connectivity index (χ0n) is 13.6. The highest BCUT2D eigenvalue weighted by molar-refractivity contribution is 7.89. The molecule has 3 rings (SSSR count). The minimum absolute atomic E-state index is 0.129. The molecule has 1 fully saturated rings. The van der Waals surface area contributed by atoms with Gasteiger partial charge in [0.1, 0.15) is 0 Å². The molecule has 0 radical (unpaired) electrons. The van der Waals surface area contributed by atoms with Gasteiger partial charge in [-0.05, 0) is 44.0 Å². The van der Waals surface area contributed by atoms with Gasteiger partial charge in [-0.25, -0.2) is 8.42 Å². The lowest BCUT2D eigenvalue weighted by atomic mass is 9.99. The van der Waals surface area contributed by atoms with Crippen LogP contribution in [0, 0.1) is 12.8 Å². The maximum Gasteiger partial charge on any atom is 0.243 e. The summed E-state index contributed by atoms with van der Waals surface area (Å²) >= 11 is 5.82. The summed E-state index contributed by atoms with van der Waals surface area (Å²) in [5, 5.41) is 6.82. The molecule has 1 atom stereocenters. The van der Waals surface area contributed by atoms with Crippen molar-refractivity contribution < 1.29 is 17.7 Å². The van der Waals surface area contributed by atoms with Gasteiger partial charge in [-0.3, -0.25) is 10.1 Å². The number of hydrogen-bond donors (Lipinski definition) is 1. The van der Waals surface area contributed by atoms with E-state index in [0.717, 1.165) is 0 Å². The molecule has 1 saturated heterocycles. The van der Waals surface area contributed by atoms with Crippen molar-refractivity contribution in [3.8, 4) is 0 Å². The Hall–Kier alpha value is -1.90. The molecule has 134 valence electrons. The van der Waals surface area contributed by atoms with Gasteiger partial charge >= 0.3 is 0 Å². The van der Waals surface area contributed by atoms with E-state index in [2.05, 4.69) is 10.5 Å². The summed E-state index contributed by atoms with van der Waals surface area (Å²) in [4.78, 5) is 12.6. The number of anilines is 1. The number of carbonyl (C=O) groups is 1. The van der Waals surface area contributed by atoms with Crippen molar-refractivity contribution in [2.75, 3.05) is 18.4 Å². The lowest BCUT2D eigenvalue weighted by molar-refractivity contribution is -0.121. The third-order valence-corrected chi connectivity index (χ3v) is 6.21. The number of aryl methyl sites for hydroxylation is 1. The number of aromatic nitrogens is 1. The number of amides is 1. The minimum Gasteiger partial charge on any atom is -0.338 e. The van der Waals surface area contributed by atoms with Gasteiger partial charge in [0.05, 0.1) is 16.5 Å². The second kappa shape index (κ2) is 7.15. The highest BCUT2D eigenvalue weighted by Gasteiger charge is 2.33. The lowest BCUT2D eigenvalue weighted by Gasteiger charge is -2.31. The fraction of sp³-hybridized carbons (Fsp3) is 0.375. The minimum atomic E-state index is -3.66. The number of benzene rings is 1. The van der Waals surface area contributed by atoms with Crippen molar-refractivity contribution in [2.45, 2.75) is 24.7 Å². The van der Waals surface area contributed by atoms with Crippen molar-refractivity contribution in [2.24, 2.45) is 5.92 Å². The molecule has 1 aromatic carbocycles. The number of nitrogens with zero attached hydrogens (tertiary/aromatic N) is 2. The zero-order valence-corrected chi connectivity index (χ0v) is 15.2. The number of carbonyl (C=O) groups excluding carboxylic acids is 1. The largest absolute Gasteiger partial charge is 0.338 e. The first-order valence-corrected chi connectivity index (χ1v) is 9.68. The van der Waals surface area contributed by atoms with Gasteiger partial charge in [-0.2, -0.15) is 4.31 Å². The Balaban J connectivity index is 1.71. The van der Waals surface area contributed by atoms with Gasteiger partial charge in [-0.15, -0.1) is 0 Å². The third kappa shape index (κ3) is 4.02. The van der Waals surface area contributed by atoms with Gasteiger partial charge in [0, 0.05) is 24.2 Å². The molecule has 2 aromatic rings. The van der Waals surface area contributed by atoms with Crippen LogP contribution in [0.25, 0.3) is 0 Å². The summed E-state index contributed by atoms with van der Waals surface area (Å²) < 4.78 is 31.8. The van der Waals surface area contributed by atoms with Crippen molar-refractivity contribution >= 4 is 33.4 Å². The maximum absolute atomic E-state index is 12.8. The first-order valence-electron chi connectivity index (χ1n) is 7.86. The predicted molar refractivity (Wildman–Crippen MR) is 92.8 cm³/mol. The summed E-state index contributed by atoms with van der Waals surface area (Å²) in [6, 6.07) is 7.63. The number of hydrogen-bond acceptors (Lipinski definition) is 5. The molecule has 2 heterocycles. The predicted octanol–water partition coefficient (Wildman–Crippen LogP) is 2.68. The number of sulfonamides is 1. The Kier molecular flexibility index (Phi) is 5.12. The second-order valence-electron chi connectivity index (χ2n) is 5.98. The Morgan fingerprint density at radius 2 is 2.08 bits per heavy atom. The molecule has 0 unspecified atom stereocenters. The lowest BCUT2D eigenvalue weighted by Crippen LogP contribution is -2.43. The fourth-order valence-electron chi connectivity index (χ4n) is 2.78. The van der Waals surface area contributed by atoms with Gasteiger partial charge < -0.3 is 4.52 Å². The van der Waals surface area contributed by atoms with E-state index in [1.165, 1.54) is 28.6 Å². The van der Waals surface area contributed by atoms with Crippen LogP contribution in [-0.4, -0.2) is 36.9 Å². The summed E-state index contributed by atoms with van der Waals surface area (Å²) in [7, 11) is -3.66. The molecule has 1 aliphatic rings. The van der Waals surface area contributed by atoms with Gasteiger partial charge in [0.25, 0.3) is 0 Å². The van der Waals surface area contributed by atoms with E-state index in [9.17, 15) is 13.2 Å². The average molecular weight is 384 g/mol. The molecule has 0 spiro atoms. The first kappa shape index (κ1) is 17.9. The van der Waals surface area contributed by atoms with Crippen molar-refractivity contribution in [1.29, 1.82) is 0 Å². The van der Waals surface area contributed by atoms with E-state index in [1.54, 1.807) is 13.0 Å². The molecule has 9 heteroatoms. The molecule has 1 N–H and O–H groups in total. The van der Waals surface area contributed by atoms with E-state index < -0.39 is 15.9 Å². The summed E-state index contributed by atoms with van der Waals surface area (Å²) in [6.07, 6.45) is 1.23. The molecule has 7 nitrogen and oxygen atoms in total. The normalized spacial score (nSPS) is 18.9. The SMILES string of the molecule is Cc1cc(NC(=O)[C@@H]2CCCN(S(=O)(=O)c3ccc(Cl)cc3)C2)on1. The first-order chi connectivity index (χ1) is 11.9. The van der Waals surface area contributed by atoms with Crippen LogP contribution in [0.4, 0.5) is 5.88 Å². The van der Waals surface area contributed by atoms with Crippen LogP contribution >= 0.6 is 11.6 Å². The third-order valence-electron chi connectivity index (χ3n) is 4.08. The Labute approximate surface area is 151 Å². The zero-order chi connectivity index (χ0) is 18.0. The number of nitrogens with one attached hydrogen (secondary N) is 1. The number of halogens is 1. The topological polar surface area (TPSA) is 92.5 Å². The smallest absolute Gasteiger partial charge is 0.243 e. The molecular formula is C16H18ClN3O4S. The average Bonchev–Trinajstić information content (AvgIpc) is 3.00. The van der Waals surface area contributed by atoms with Gasteiger partial charge in [0.15, 0.2) is 0 Å². The molecule has 0 bridgehead atoms. The fourth-order valence-corrected chi connectivity index (χ4v) is 4.43. The molecule has 1 amide bonds. The van der Waals surface area contributed by atoms with Crippen LogP contribution in [0.1, 0.15) is 18.5 Å². The standard InChI is InChI=1S/C16H18ClN3O4S/c1-11-9-15(24-19-11)18-16(21)12-3-2-8-20(10-12)25(22,23)14-6-4-13(17)5-7-14/h4-7,9,12H,2-3,8,10H2,1H3,(H,18,21)/t12-/m1/s1. The van der Waals surface area contributed by atoms with Crippen molar-refractivity contribution in [1.82, 2.24) is 9.46 Å². The number of rotatable bonds is 4. The van der Waals surface area contributed by atoms with E-state index >= 15 is 0 Å². The monoisotopic (exact) mass is 383 g/mol. The van der Waals surface area contributed by atoms with Crippen LogP contribution in [0.15, 0.2) is 39.8 Å². The second-order valence-corrected chi connectivity index (χ2v) is 8.35. The van der Waals surface area contributed by atoms with Crippen molar-refractivity contribution in [3.63, 3.8) is 0 Å². The van der Waals surface area contributed by atoms with Gasteiger partial charge in [-0.1, -0.05) is 16.8 Å². The highest BCUT2D eigenvalue weighted by atomic mass is 35.5. The van der Waals surface area contributed by atoms with Crippen LogP contribution in [0.5, 0.6) is 0 Å². The van der Waals surface area contributed by atoms with Crippen LogP contribution in [-0.2, 0) is 14.8 Å². The van der Waals surface area contributed by atoms with E-state index in [4.69, 9.17) is 16.1 Å². The Bertz CT molecular complexity index is 864. The maximum atomic E-state index is 12.8. The van der Waals surface area contributed by atoms with E-state index in [0.29, 0.717) is 30.1 Å². The van der Waals surface area contributed by atoms with E-state index in [-0.39, 0.29) is 23.2 Å². The van der Waals surface area contributed by atoms with Crippen LogP contribution in [0.3, 0.4) is 0 Å². The highest BCUT2D eigenvalue weighted by Crippen LogP contribution is 2.25. The van der Waals surface area contributed by atoms with Crippen LogP contribution < -0.4 is 5.32 Å². The quantitative estimate of drug-likeness (QED) is 0.876.